The number of imide groups is 1. The molecule has 12 heteroatoms. The molecule has 0 unspecified atom stereocenters. The highest BCUT2D eigenvalue weighted by atomic mass is 16.6. The number of aromatic nitrogens is 4. The predicted molar refractivity (Wildman–Crippen MR) is 94.9 cm³/mol. The highest BCUT2D eigenvalue weighted by molar-refractivity contribution is 5.95. The van der Waals surface area contributed by atoms with Crippen molar-refractivity contribution in [3.05, 3.63) is 57.3 Å². The Labute approximate surface area is 156 Å². The van der Waals surface area contributed by atoms with E-state index in [-0.39, 0.29) is 35.5 Å². The Hall–Kier alpha value is -4.09. The Balaban J connectivity index is 1.73. The van der Waals surface area contributed by atoms with Crippen LogP contribution in [-0.4, -0.2) is 54.2 Å². The molecule has 1 saturated heterocycles. The molecule has 0 atom stereocenters. The first-order valence-electron chi connectivity index (χ1n) is 8.22. The van der Waals surface area contributed by atoms with Gasteiger partial charge in [0.05, 0.1) is 11.1 Å². The van der Waals surface area contributed by atoms with E-state index in [0.29, 0.717) is 6.54 Å². The number of nitro groups is 1. The molecule has 0 radical (unpaired) electrons. The maximum Gasteiger partial charge on any atom is 0.324 e. The number of hydrogen-bond donors (Lipinski definition) is 1. The highest BCUT2D eigenvalue weighted by Gasteiger charge is 2.27. The smallest absolute Gasteiger partial charge is 0.324 e. The Morgan fingerprint density at radius 2 is 2.07 bits per heavy atom. The van der Waals surface area contributed by atoms with Gasteiger partial charge in [-0.1, -0.05) is 12.1 Å². The third kappa shape index (κ3) is 2.76. The summed E-state index contributed by atoms with van der Waals surface area (Å²) in [6, 6.07) is 5.44. The molecule has 3 aromatic rings. The van der Waals surface area contributed by atoms with Crippen LogP contribution in [-0.2, 0) is 11.3 Å². The predicted octanol–water partition coefficient (Wildman–Crippen LogP) is 0.0422. The summed E-state index contributed by atoms with van der Waals surface area (Å²) in [5.74, 6) is -0.538. The first-order valence-corrected chi connectivity index (χ1v) is 8.22. The van der Waals surface area contributed by atoms with E-state index in [0.717, 1.165) is 15.8 Å². The number of carbonyl (C=O) groups is 2. The van der Waals surface area contributed by atoms with Crippen LogP contribution in [0.25, 0.3) is 16.7 Å². The summed E-state index contributed by atoms with van der Waals surface area (Å²) in [4.78, 5) is 52.4. The lowest BCUT2D eigenvalue weighted by Crippen LogP contribution is -2.38. The van der Waals surface area contributed by atoms with Gasteiger partial charge in [0.15, 0.2) is 5.65 Å². The number of urea groups is 1. The molecule has 1 aromatic carbocycles. The van der Waals surface area contributed by atoms with Gasteiger partial charge in [0, 0.05) is 19.2 Å². The zero-order valence-electron chi connectivity index (χ0n) is 14.3. The molecule has 0 aliphatic carbocycles. The van der Waals surface area contributed by atoms with Crippen LogP contribution in [0.15, 0.2) is 41.6 Å². The van der Waals surface area contributed by atoms with Gasteiger partial charge in [-0.15, -0.1) is 0 Å². The van der Waals surface area contributed by atoms with Crippen molar-refractivity contribution in [3.63, 3.8) is 0 Å². The summed E-state index contributed by atoms with van der Waals surface area (Å²) < 4.78 is 2.27. The van der Waals surface area contributed by atoms with Gasteiger partial charge in [0.2, 0.25) is 0 Å². The number of hydrogen-bond acceptors (Lipinski definition) is 7. The van der Waals surface area contributed by atoms with E-state index in [4.69, 9.17) is 0 Å². The molecular formula is C16H13N7O5. The number of para-hydroxylation sites is 2. The van der Waals surface area contributed by atoms with Crippen molar-refractivity contribution in [1.82, 2.24) is 29.5 Å². The standard InChI is InChI=1S/C16H13N7O5/c24-13(21-6-5-17-16(21)26)8-20-9-18-14-10(15(20)25)7-19-22(14)11-3-1-2-4-12(11)23(27)28/h1-4,7,9H,5-6,8H2,(H,17,26). The number of nitrogens with one attached hydrogen (secondary N) is 1. The summed E-state index contributed by atoms with van der Waals surface area (Å²) in [5.41, 5.74) is -0.435. The fraction of sp³-hybridized carbons (Fsp3) is 0.188. The number of rotatable bonds is 4. The van der Waals surface area contributed by atoms with E-state index in [1.165, 1.54) is 29.1 Å². The Bertz CT molecular complexity index is 1180. The van der Waals surface area contributed by atoms with Crippen molar-refractivity contribution in [2.24, 2.45) is 0 Å². The van der Waals surface area contributed by atoms with E-state index in [1.807, 2.05) is 0 Å². The molecule has 1 N–H and O–H groups in total. The molecule has 4 rings (SSSR count). The first-order chi connectivity index (χ1) is 13.5. The van der Waals surface area contributed by atoms with Gasteiger partial charge in [-0.3, -0.25) is 29.2 Å². The second-order valence-electron chi connectivity index (χ2n) is 5.99. The van der Waals surface area contributed by atoms with Crippen molar-refractivity contribution in [2.45, 2.75) is 6.54 Å². The maximum atomic E-state index is 12.7. The topological polar surface area (TPSA) is 145 Å². The quantitative estimate of drug-likeness (QED) is 0.494. The normalized spacial score (nSPS) is 13.7. The molecule has 3 amide bonds. The molecule has 12 nitrogen and oxygen atoms in total. The van der Waals surface area contributed by atoms with E-state index in [1.54, 1.807) is 6.07 Å². The molecule has 0 saturated carbocycles. The highest BCUT2D eigenvalue weighted by Crippen LogP contribution is 2.23. The average molecular weight is 383 g/mol. The maximum absolute atomic E-state index is 12.7. The van der Waals surface area contributed by atoms with Crippen LogP contribution in [0.2, 0.25) is 0 Å². The molecule has 2 aromatic heterocycles. The molecule has 1 fully saturated rings. The number of amides is 3. The number of nitrogens with zero attached hydrogens (tertiary/aromatic N) is 6. The van der Waals surface area contributed by atoms with Gasteiger partial charge >= 0.3 is 6.03 Å². The van der Waals surface area contributed by atoms with Crippen LogP contribution in [0.3, 0.4) is 0 Å². The molecule has 3 heterocycles. The Kier molecular flexibility index (Phi) is 4.07. The van der Waals surface area contributed by atoms with Gasteiger partial charge in [0.25, 0.3) is 17.2 Å². The fourth-order valence-electron chi connectivity index (χ4n) is 2.98. The molecular weight excluding hydrogens is 370 g/mol. The summed E-state index contributed by atoms with van der Waals surface area (Å²) in [6.45, 7) is 0.239. The monoisotopic (exact) mass is 383 g/mol. The lowest BCUT2D eigenvalue weighted by molar-refractivity contribution is -0.384. The van der Waals surface area contributed by atoms with E-state index in [2.05, 4.69) is 15.4 Å². The third-order valence-corrected chi connectivity index (χ3v) is 4.32. The number of fused-ring (bicyclic) bond motifs is 1. The Morgan fingerprint density at radius 3 is 2.79 bits per heavy atom. The summed E-state index contributed by atoms with van der Waals surface area (Å²) in [7, 11) is 0. The Morgan fingerprint density at radius 1 is 1.29 bits per heavy atom. The zero-order chi connectivity index (χ0) is 19.8. The van der Waals surface area contributed by atoms with Crippen LogP contribution < -0.4 is 10.9 Å². The van der Waals surface area contributed by atoms with Gasteiger partial charge < -0.3 is 5.32 Å². The first kappa shape index (κ1) is 17.3. The largest absolute Gasteiger partial charge is 0.336 e. The van der Waals surface area contributed by atoms with Crippen LogP contribution in [0.4, 0.5) is 10.5 Å². The summed E-state index contributed by atoms with van der Waals surface area (Å²) in [5, 5.41) is 17.9. The van der Waals surface area contributed by atoms with Gasteiger partial charge in [-0.05, 0) is 6.07 Å². The lowest BCUT2D eigenvalue weighted by atomic mass is 10.2. The molecule has 0 bridgehead atoms. The second kappa shape index (κ2) is 6.57. The molecule has 28 heavy (non-hydrogen) atoms. The minimum absolute atomic E-state index is 0.0966. The minimum atomic E-state index is -0.552. The van der Waals surface area contributed by atoms with Crippen LogP contribution in [0.5, 0.6) is 0 Å². The van der Waals surface area contributed by atoms with Crippen LogP contribution >= 0.6 is 0 Å². The van der Waals surface area contributed by atoms with E-state index >= 15 is 0 Å². The molecule has 1 aliphatic heterocycles. The molecule has 0 spiro atoms. The summed E-state index contributed by atoms with van der Waals surface area (Å²) in [6.07, 6.45) is 2.40. The third-order valence-electron chi connectivity index (χ3n) is 4.32. The van der Waals surface area contributed by atoms with Crippen LogP contribution in [0, 0.1) is 10.1 Å². The summed E-state index contributed by atoms with van der Waals surface area (Å²) >= 11 is 0. The lowest BCUT2D eigenvalue weighted by Gasteiger charge is -2.12. The van der Waals surface area contributed by atoms with Gasteiger partial charge in [0.1, 0.15) is 23.9 Å². The molecule has 1 aliphatic rings. The van der Waals surface area contributed by atoms with Crippen molar-refractivity contribution >= 4 is 28.7 Å². The zero-order valence-corrected chi connectivity index (χ0v) is 14.3. The second-order valence-corrected chi connectivity index (χ2v) is 5.99. The molecule has 142 valence electrons. The van der Waals surface area contributed by atoms with Gasteiger partial charge in [-0.25, -0.2) is 14.5 Å². The number of carbonyl (C=O) groups excluding carboxylic acids is 2. The number of nitro benzene ring substituents is 1. The average Bonchev–Trinajstić information content (AvgIpc) is 3.30. The number of benzene rings is 1. The van der Waals surface area contributed by atoms with Crippen molar-refractivity contribution in [1.29, 1.82) is 0 Å². The minimum Gasteiger partial charge on any atom is -0.336 e. The SMILES string of the molecule is O=C(Cn1cnc2c(cnn2-c2ccccc2[N+](=O)[O-])c1=O)N1CCNC1=O. The van der Waals surface area contributed by atoms with E-state index in [9.17, 15) is 24.5 Å². The van der Waals surface area contributed by atoms with Crippen molar-refractivity contribution in [3.8, 4) is 5.69 Å². The van der Waals surface area contributed by atoms with Crippen molar-refractivity contribution in [2.75, 3.05) is 13.1 Å². The fourth-order valence-corrected chi connectivity index (χ4v) is 2.98. The van der Waals surface area contributed by atoms with Crippen molar-refractivity contribution < 1.29 is 14.5 Å². The van der Waals surface area contributed by atoms with Crippen LogP contribution in [0.1, 0.15) is 0 Å². The van der Waals surface area contributed by atoms with E-state index < -0.39 is 22.4 Å². The van der Waals surface area contributed by atoms with Gasteiger partial charge in [-0.2, -0.15) is 5.10 Å².